The fraction of sp³-hybridized carbons (Fsp3) is 0.481. The van der Waals surface area contributed by atoms with E-state index in [9.17, 15) is 9.59 Å². The number of carbonyl (C=O) groups is 2. The third kappa shape index (κ3) is 4.69. The third-order valence-electron chi connectivity index (χ3n) is 7.11. The molecule has 2 aliphatic heterocycles. The second-order valence-electron chi connectivity index (χ2n) is 9.17. The number of methoxy groups -OCH3 is 3. The normalized spacial score (nSPS) is 21.4. The lowest BCUT2D eigenvalue weighted by Gasteiger charge is -2.43. The molecular formula is C27H34N2O5. The summed E-state index contributed by atoms with van der Waals surface area (Å²) in [6.45, 7) is 3.77. The number of hydrogen-bond acceptors (Lipinski definition) is 5. The van der Waals surface area contributed by atoms with Gasteiger partial charge in [0.05, 0.1) is 33.3 Å². The highest BCUT2D eigenvalue weighted by Gasteiger charge is 2.43. The molecule has 0 saturated carbocycles. The summed E-state index contributed by atoms with van der Waals surface area (Å²) in [4.78, 5) is 30.9. The fourth-order valence-corrected chi connectivity index (χ4v) is 5.08. The zero-order valence-electron chi connectivity index (χ0n) is 20.5. The van der Waals surface area contributed by atoms with E-state index in [0.717, 1.165) is 37.2 Å². The van der Waals surface area contributed by atoms with Gasteiger partial charge in [-0.2, -0.15) is 0 Å². The second-order valence-corrected chi connectivity index (χ2v) is 9.17. The van der Waals surface area contributed by atoms with E-state index in [4.69, 9.17) is 14.2 Å². The van der Waals surface area contributed by atoms with Gasteiger partial charge >= 0.3 is 0 Å². The molecule has 2 aromatic carbocycles. The van der Waals surface area contributed by atoms with Crippen LogP contribution in [-0.4, -0.2) is 51.1 Å². The largest absolute Gasteiger partial charge is 0.497 e. The lowest BCUT2D eigenvalue weighted by molar-refractivity contribution is -0.139. The molecule has 2 saturated heterocycles. The molecule has 0 radical (unpaired) electrons. The van der Waals surface area contributed by atoms with Gasteiger partial charge in [-0.05, 0) is 67.1 Å². The van der Waals surface area contributed by atoms with Crippen LogP contribution in [0, 0.1) is 11.8 Å². The first-order chi connectivity index (χ1) is 16.5. The Morgan fingerprint density at radius 2 is 1.56 bits per heavy atom. The fourth-order valence-electron chi connectivity index (χ4n) is 5.08. The topological polar surface area (TPSA) is 68.3 Å². The smallest absolute Gasteiger partial charge is 0.228 e. The predicted octanol–water partition coefficient (Wildman–Crippen LogP) is 4.46. The van der Waals surface area contributed by atoms with E-state index in [1.807, 2.05) is 47.4 Å². The van der Waals surface area contributed by atoms with E-state index in [1.54, 1.807) is 26.2 Å². The minimum absolute atomic E-state index is 0.00117. The maximum Gasteiger partial charge on any atom is 0.228 e. The standard InChI is InChI=1S/C27H34N2O5/c1-18-13-15-28(16-14-18)27(31)22-10-12-25(30)29(20-6-8-21(32-2)9-7-20)26(22)19-5-11-23(33-3)24(17-19)34-4/h5-9,11,17-18,22,26H,10,12-16H2,1-4H3/t22-,26-/m1/s1. The number of anilines is 1. The Bertz CT molecular complexity index is 1010. The molecule has 7 heteroatoms. The first-order valence-corrected chi connectivity index (χ1v) is 11.9. The van der Waals surface area contributed by atoms with Crippen LogP contribution in [-0.2, 0) is 9.59 Å². The van der Waals surface area contributed by atoms with Crippen LogP contribution < -0.4 is 19.1 Å². The number of rotatable bonds is 6. The Labute approximate surface area is 201 Å². The molecule has 2 aromatic rings. The number of nitrogens with zero attached hydrogens (tertiary/aromatic N) is 2. The molecule has 0 spiro atoms. The number of benzene rings is 2. The van der Waals surface area contributed by atoms with Gasteiger partial charge in [0.2, 0.25) is 11.8 Å². The van der Waals surface area contributed by atoms with Gasteiger partial charge in [-0.15, -0.1) is 0 Å². The maximum atomic E-state index is 13.8. The maximum absolute atomic E-state index is 13.8. The number of ether oxygens (including phenoxy) is 3. The van der Waals surface area contributed by atoms with Crippen molar-refractivity contribution in [1.82, 2.24) is 4.90 Å². The monoisotopic (exact) mass is 466 g/mol. The molecule has 0 unspecified atom stereocenters. The van der Waals surface area contributed by atoms with Crippen molar-refractivity contribution in [2.24, 2.45) is 11.8 Å². The predicted molar refractivity (Wildman–Crippen MR) is 130 cm³/mol. The lowest BCUT2D eigenvalue weighted by Crippen LogP contribution is -2.50. The molecule has 0 bridgehead atoms. The molecule has 7 nitrogen and oxygen atoms in total. The summed E-state index contributed by atoms with van der Waals surface area (Å²) in [6, 6.07) is 12.6. The van der Waals surface area contributed by atoms with Crippen molar-refractivity contribution in [1.29, 1.82) is 0 Å². The van der Waals surface area contributed by atoms with Crippen molar-refractivity contribution >= 4 is 17.5 Å². The average molecular weight is 467 g/mol. The molecule has 0 N–H and O–H groups in total. The zero-order valence-corrected chi connectivity index (χ0v) is 20.5. The van der Waals surface area contributed by atoms with Crippen LogP contribution in [0.5, 0.6) is 17.2 Å². The first kappa shape index (κ1) is 23.9. The van der Waals surface area contributed by atoms with Gasteiger partial charge in [-0.25, -0.2) is 0 Å². The molecule has 2 amide bonds. The van der Waals surface area contributed by atoms with Gasteiger partial charge in [-0.3, -0.25) is 9.59 Å². The van der Waals surface area contributed by atoms with E-state index >= 15 is 0 Å². The zero-order chi connectivity index (χ0) is 24.2. The summed E-state index contributed by atoms with van der Waals surface area (Å²) >= 11 is 0. The van der Waals surface area contributed by atoms with Crippen molar-refractivity contribution in [2.45, 2.75) is 38.6 Å². The molecule has 182 valence electrons. The summed E-state index contributed by atoms with van der Waals surface area (Å²) in [5, 5.41) is 0. The van der Waals surface area contributed by atoms with Crippen molar-refractivity contribution in [3.63, 3.8) is 0 Å². The number of likely N-dealkylation sites (tertiary alicyclic amines) is 1. The molecule has 2 aliphatic rings. The van der Waals surface area contributed by atoms with Gasteiger partial charge in [0.15, 0.2) is 11.5 Å². The third-order valence-corrected chi connectivity index (χ3v) is 7.11. The van der Waals surface area contributed by atoms with Crippen LogP contribution in [0.4, 0.5) is 5.69 Å². The molecule has 34 heavy (non-hydrogen) atoms. The minimum Gasteiger partial charge on any atom is -0.497 e. The average Bonchev–Trinajstić information content (AvgIpc) is 2.88. The SMILES string of the molecule is COc1ccc(N2C(=O)CC[C@@H](C(=O)N3CCC(C)CC3)[C@H]2c2ccc(OC)c(OC)c2)cc1. The van der Waals surface area contributed by atoms with Gasteiger partial charge in [0.1, 0.15) is 5.75 Å². The van der Waals surface area contributed by atoms with Crippen LogP contribution >= 0.6 is 0 Å². The summed E-state index contributed by atoms with van der Waals surface area (Å²) in [6.07, 6.45) is 2.88. The van der Waals surface area contributed by atoms with E-state index < -0.39 is 6.04 Å². The summed E-state index contributed by atoms with van der Waals surface area (Å²) in [5.41, 5.74) is 1.60. The Balaban J connectivity index is 1.77. The highest BCUT2D eigenvalue weighted by molar-refractivity contribution is 5.97. The van der Waals surface area contributed by atoms with Crippen molar-refractivity contribution in [3.8, 4) is 17.2 Å². The van der Waals surface area contributed by atoms with Crippen molar-refractivity contribution < 1.29 is 23.8 Å². The van der Waals surface area contributed by atoms with Crippen LogP contribution in [0.3, 0.4) is 0 Å². The van der Waals surface area contributed by atoms with Gasteiger partial charge in [-0.1, -0.05) is 13.0 Å². The Morgan fingerprint density at radius 1 is 0.882 bits per heavy atom. The van der Waals surface area contributed by atoms with E-state index in [2.05, 4.69) is 6.92 Å². The molecule has 0 aliphatic carbocycles. The van der Waals surface area contributed by atoms with Crippen LogP contribution in [0.1, 0.15) is 44.2 Å². The molecular weight excluding hydrogens is 432 g/mol. The lowest BCUT2D eigenvalue weighted by atomic mass is 9.82. The number of amides is 2. The quantitative estimate of drug-likeness (QED) is 0.629. The van der Waals surface area contributed by atoms with E-state index in [0.29, 0.717) is 36.0 Å². The van der Waals surface area contributed by atoms with Gasteiger partial charge < -0.3 is 24.0 Å². The Hall–Kier alpha value is -3.22. The molecule has 0 aromatic heterocycles. The van der Waals surface area contributed by atoms with Crippen LogP contribution in [0.2, 0.25) is 0 Å². The Kier molecular flexibility index (Phi) is 7.29. The minimum atomic E-state index is -0.443. The van der Waals surface area contributed by atoms with Crippen molar-refractivity contribution in [2.75, 3.05) is 39.3 Å². The summed E-state index contributed by atoms with van der Waals surface area (Å²) in [7, 11) is 4.79. The van der Waals surface area contributed by atoms with Gasteiger partial charge in [0.25, 0.3) is 0 Å². The van der Waals surface area contributed by atoms with Gasteiger partial charge in [0, 0.05) is 25.2 Å². The summed E-state index contributed by atoms with van der Waals surface area (Å²) < 4.78 is 16.3. The number of hydrogen-bond donors (Lipinski definition) is 0. The number of carbonyl (C=O) groups excluding carboxylic acids is 2. The highest BCUT2D eigenvalue weighted by Crippen LogP contribution is 2.43. The first-order valence-electron chi connectivity index (χ1n) is 11.9. The molecule has 2 fully saturated rings. The van der Waals surface area contributed by atoms with Crippen molar-refractivity contribution in [3.05, 3.63) is 48.0 Å². The number of piperidine rings is 2. The highest BCUT2D eigenvalue weighted by atomic mass is 16.5. The molecule has 2 atom stereocenters. The van der Waals surface area contributed by atoms with Crippen LogP contribution in [0.15, 0.2) is 42.5 Å². The second kappa shape index (κ2) is 10.4. The summed E-state index contributed by atoms with van der Waals surface area (Å²) in [5.74, 6) is 2.31. The Morgan fingerprint density at radius 3 is 2.18 bits per heavy atom. The molecule has 2 heterocycles. The van der Waals surface area contributed by atoms with E-state index in [-0.39, 0.29) is 17.7 Å². The van der Waals surface area contributed by atoms with E-state index in [1.165, 1.54) is 0 Å². The molecule has 4 rings (SSSR count). The van der Waals surface area contributed by atoms with Crippen LogP contribution in [0.25, 0.3) is 0 Å².